The van der Waals surface area contributed by atoms with E-state index in [0.717, 1.165) is 24.1 Å². The smallest absolute Gasteiger partial charge is 0.359 e. The van der Waals surface area contributed by atoms with Crippen LogP contribution in [0.25, 0.3) is 0 Å². The van der Waals surface area contributed by atoms with Gasteiger partial charge in [0.2, 0.25) is 0 Å². The van der Waals surface area contributed by atoms with Crippen molar-refractivity contribution in [3.05, 3.63) is 71.6 Å². The molecule has 5 nitrogen and oxygen atoms in total. The number of carbonyl (C=O) groups is 1. The summed E-state index contributed by atoms with van der Waals surface area (Å²) >= 11 is 0. The van der Waals surface area contributed by atoms with Crippen LogP contribution < -0.4 is 4.90 Å². The Morgan fingerprint density at radius 3 is 2.32 bits per heavy atom. The van der Waals surface area contributed by atoms with Crippen molar-refractivity contribution >= 4 is 11.7 Å². The largest absolute Gasteiger partial charge is 0.510 e. The van der Waals surface area contributed by atoms with Crippen LogP contribution in [0.3, 0.4) is 0 Å². The standard InChI is InChI=1S/C26H33NO4/c1-4-5-17-27(21-9-7-6-8-10-21)24-23(29)18-26(19(2)3,31-25(24)30)16-15-20-11-13-22(28)14-12-20/h6-14,19,28-29H,4-5,15-18H2,1-3H3/t26-/m0/s1. The molecule has 31 heavy (non-hydrogen) atoms. The molecular formula is C26H33NO4. The number of aromatic hydroxyl groups is 1. The van der Waals surface area contributed by atoms with E-state index >= 15 is 0 Å². The minimum absolute atomic E-state index is 0.0399. The lowest BCUT2D eigenvalue weighted by Gasteiger charge is -2.42. The minimum atomic E-state index is -0.768. The third-order valence-corrected chi connectivity index (χ3v) is 6.13. The number of aliphatic hydroxyl groups excluding tert-OH is 1. The molecule has 0 amide bonds. The van der Waals surface area contributed by atoms with Gasteiger partial charge in [0.1, 0.15) is 17.1 Å². The minimum Gasteiger partial charge on any atom is -0.510 e. The van der Waals surface area contributed by atoms with Gasteiger partial charge in [-0.25, -0.2) is 4.79 Å². The van der Waals surface area contributed by atoms with Gasteiger partial charge in [-0.3, -0.25) is 0 Å². The van der Waals surface area contributed by atoms with Crippen molar-refractivity contribution in [3.63, 3.8) is 0 Å². The highest BCUT2D eigenvalue weighted by Gasteiger charge is 2.45. The van der Waals surface area contributed by atoms with Crippen LogP contribution in [0.4, 0.5) is 5.69 Å². The van der Waals surface area contributed by atoms with Crippen molar-refractivity contribution < 1.29 is 19.7 Å². The van der Waals surface area contributed by atoms with Gasteiger partial charge in [0.25, 0.3) is 0 Å². The second-order valence-corrected chi connectivity index (χ2v) is 8.59. The van der Waals surface area contributed by atoms with Gasteiger partial charge in [0.05, 0.1) is 0 Å². The lowest BCUT2D eigenvalue weighted by Crippen LogP contribution is -2.48. The van der Waals surface area contributed by atoms with Gasteiger partial charge in [-0.2, -0.15) is 0 Å². The molecule has 3 rings (SSSR count). The highest BCUT2D eigenvalue weighted by molar-refractivity contribution is 5.94. The first kappa shape index (κ1) is 22.7. The Bertz CT molecular complexity index is 905. The van der Waals surface area contributed by atoms with Gasteiger partial charge in [-0.15, -0.1) is 0 Å². The summed E-state index contributed by atoms with van der Waals surface area (Å²) in [6.45, 7) is 6.78. The Balaban J connectivity index is 1.88. The first-order chi connectivity index (χ1) is 14.9. The number of ether oxygens (including phenoxy) is 1. The normalized spacial score (nSPS) is 18.9. The maximum Gasteiger partial charge on any atom is 0.359 e. The Kier molecular flexibility index (Phi) is 7.26. The van der Waals surface area contributed by atoms with Crippen molar-refractivity contribution in [1.82, 2.24) is 0 Å². The number of hydrogen-bond acceptors (Lipinski definition) is 5. The van der Waals surface area contributed by atoms with Crippen molar-refractivity contribution in [1.29, 1.82) is 0 Å². The number of unbranched alkanes of at least 4 members (excludes halogenated alkanes) is 1. The van der Waals surface area contributed by atoms with E-state index in [0.29, 0.717) is 25.8 Å². The van der Waals surface area contributed by atoms with Gasteiger partial charge in [0, 0.05) is 18.7 Å². The number of benzene rings is 2. The van der Waals surface area contributed by atoms with E-state index < -0.39 is 11.6 Å². The highest BCUT2D eigenvalue weighted by Crippen LogP contribution is 2.40. The predicted octanol–water partition coefficient (Wildman–Crippen LogP) is 5.74. The molecule has 1 heterocycles. The fraction of sp³-hybridized carbons (Fsp3) is 0.423. The average molecular weight is 424 g/mol. The van der Waals surface area contributed by atoms with Gasteiger partial charge < -0.3 is 19.8 Å². The Morgan fingerprint density at radius 2 is 1.74 bits per heavy atom. The number of para-hydroxylation sites is 1. The lowest BCUT2D eigenvalue weighted by molar-refractivity contribution is -0.166. The molecule has 166 valence electrons. The zero-order valence-corrected chi connectivity index (χ0v) is 18.7. The van der Waals surface area contributed by atoms with Crippen molar-refractivity contribution in [3.8, 4) is 5.75 Å². The van der Waals surface area contributed by atoms with Crippen molar-refractivity contribution in [2.45, 2.75) is 58.5 Å². The second-order valence-electron chi connectivity index (χ2n) is 8.59. The Hall–Kier alpha value is -2.95. The Labute approximate surface area is 185 Å². The van der Waals surface area contributed by atoms with Crippen LogP contribution in [0.2, 0.25) is 0 Å². The van der Waals surface area contributed by atoms with Crippen molar-refractivity contribution in [2.24, 2.45) is 5.92 Å². The molecule has 0 fully saturated rings. The molecule has 0 aliphatic carbocycles. The molecule has 0 saturated carbocycles. The van der Waals surface area contributed by atoms with Crippen LogP contribution in [0, 0.1) is 5.92 Å². The lowest BCUT2D eigenvalue weighted by atomic mass is 9.79. The summed E-state index contributed by atoms with van der Waals surface area (Å²) in [5, 5.41) is 20.6. The van der Waals surface area contributed by atoms with E-state index in [4.69, 9.17) is 4.74 Å². The zero-order chi connectivity index (χ0) is 22.4. The summed E-state index contributed by atoms with van der Waals surface area (Å²) in [6.07, 6.45) is 3.45. The number of nitrogens with zero attached hydrogens (tertiary/aromatic N) is 1. The molecule has 2 aromatic rings. The average Bonchev–Trinajstić information content (AvgIpc) is 2.75. The fourth-order valence-corrected chi connectivity index (χ4v) is 4.08. The molecule has 0 spiro atoms. The molecule has 5 heteroatoms. The molecule has 2 N–H and O–H groups in total. The summed E-state index contributed by atoms with van der Waals surface area (Å²) in [7, 11) is 0. The summed E-state index contributed by atoms with van der Waals surface area (Å²) in [4.78, 5) is 15.1. The number of esters is 1. The number of aliphatic hydroxyl groups is 1. The maximum absolute atomic E-state index is 13.2. The number of aryl methyl sites for hydroxylation is 1. The number of rotatable bonds is 9. The van der Waals surface area contributed by atoms with Crippen LogP contribution in [0.5, 0.6) is 5.75 Å². The Morgan fingerprint density at radius 1 is 1.06 bits per heavy atom. The van der Waals surface area contributed by atoms with E-state index in [1.54, 1.807) is 12.1 Å². The van der Waals surface area contributed by atoms with Gasteiger partial charge in [-0.05, 0) is 55.0 Å². The van der Waals surface area contributed by atoms with Crippen LogP contribution in [0.1, 0.15) is 52.0 Å². The molecule has 1 atom stereocenters. The van der Waals surface area contributed by atoms with Crippen LogP contribution in [-0.4, -0.2) is 28.3 Å². The summed E-state index contributed by atoms with van der Waals surface area (Å²) in [5.41, 5.74) is 1.41. The molecule has 0 bridgehead atoms. The maximum atomic E-state index is 13.2. The molecular weight excluding hydrogens is 390 g/mol. The second kappa shape index (κ2) is 9.90. The third kappa shape index (κ3) is 5.22. The molecule has 1 aliphatic heterocycles. The number of cyclic esters (lactones) is 1. The van der Waals surface area contributed by atoms with Gasteiger partial charge >= 0.3 is 5.97 Å². The fourth-order valence-electron chi connectivity index (χ4n) is 4.08. The number of phenols is 1. The molecule has 0 saturated heterocycles. The molecule has 1 aliphatic rings. The first-order valence-corrected chi connectivity index (χ1v) is 11.1. The summed E-state index contributed by atoms with van der Waals surface area (Å²) in [5.74, 6) is -0.110. The first-order valence-electron chi connectivity index (χ1n) is 11.1. The summed E-state index contributed by atoms with van der Waals surface area (Å²) in [6, 6.07) is 16.7. The van der Waals surface area contributed by atoms with Crippen molar-refractivity contribution in [2.75, 3.05) is 11.4 Å². The molecule has 0 unspecified atom stereocenters. The zero-order valence-electron chi connectivity index (χ0n) is 18.7. The molecule has 0 radical (unpaired) electrons. The van der Waals surface area contributed by atoms with Crippen LogP contribution >= 0.6 is 0 Å². The number of carbonyl (C=O) groups excluding carboxylic acids is 1. The quantitative estimate of drug-likeness (QED) is 0.503. The van der Waals surface area contributed by atoms with Crippen LogP contribution in [0.15, 0.2) is 66.1 Å². The topological polar surface area (TPSA) is 70.0 Å². The van der Waals surface area contributed by atoms with Gasteiger partial charge in [-0.1, -0.05) is 57.5 Å². The number of hydrogen-bond donors (Lipinski definition) is 2. The predicted molar refractivity (Wildman–Crippen MR) is 123 cm³/mol. The van der Waals surface area contributed by atoms with Crippen LogP contribution in [-0.2, 0) is 16.0 Å². The van der Waals surface area contributed by atoms with E-state index in [1.807, 2.05) is 61.2 Å². The SMILES string of the molecule is CCCCN(C1=C(O)C[C@@](CCc2ccc(O)cc2)(C(C)C)OC1=O)c1ccccc1. The monoisotopic (exact) mass is 423 g/mol. The highest BCUT2D eigenvalue weighted by atomic mass is 16.6. The van der Waals surface area contributed by atoms with E-state index in [2.05, 4.69) is 6.92 Å². The van der Waals surface area contributed by atoms with E-state index in [9.17, 15) is 15.0 Å². The third-order valence-electron chi connectivity index (χ3n) is 6.13. The number of phenolic OH excluding ortho intramolecular Hbond substituents is 1. The molecule has 2 aromatic carbocycles. The summed E-state index contributed by atoms with van der Waals surface area (Å²) < 4.78 is 6.10. The van der Waals surface area contributed by atoms with Gasteiger partial charge in [0.15, 0.2) is 5.70 Å². The number of anilines is 1. The van der Waals surface area contributed by atoms with E-state index in [-0.39, 0.29) is 23.1 Å². The molecule has 0 aromatic heterocycles. The van der Waals surface area contributed by atoms with E-state index in [1.165, 1.54) is 0 Å².